The van der Waals surface area contributed by atoms with Crippen molar-refractivity contribution in [1.29, 1.82) is 0 Å². The van der Waals surface area contributed by atoms with Crippen molar-refractivity contribution in [2.24, 2.45) is 0 Å². The number of nitro groups is 1. The van der Waals surface area contributed by atoms with Gasteiger partial charge in [-0.2, -0.15) is 0 Å². The maximum Gasteiger partial charge on any atom is 0.348 e. The molecule has 0 radical (unpaired) electrons. The van der Waals surface area contributed by atoms with Gasteiger partial charge in [-0.1, -0.05) is 27.3 Å². The van der Waals surface area contributed by atoms with Crippen molar-refractivity contribution in [2.45, 2.75) is 6.61 Å². The molecule has 0 aliphatic rings. The Morgan fingerprint density at radius 2 is 2.14 bits per heavy atom. The highest BCUT2D eigenvalue weighted by molar-refractivity contribution is 9.10. The summed E-state index contributed by atoms with van der Waals surface area (Å²) in [4.78, 5) is 22.1. The Labute approximate surface area is 132 Å². The zero-order valence-electron chi connectivity index (χ0n) is 10.9. The van der Waals surface area contributed by atoms with Gasteiger partial charge in [-0.3, -0.25) is 10.1 Å². The van der Waals surface area contributed by atoms with Gasteiger partial charge >= 0.3 is 11.0 Å². The van der Waals surface area contributed by atoms with E-state index in [0.29, 0.717) is 11.3 Å². The van der Waals surface area contributed by atoms with Crippen LogP contribution < -0.4 is 4.74 Å². The summed E-state index contributed by atoms with van der Waals surface area (Å²) in [7, 11) is 1.52. The fourth-order valence-corrected chi connectivity index (χ4v) is 2.73. The van der Waals surface area contributed by atoms with Gasteiger partial charge in [0.25, 0.3) is 0 Å². The first kappa shape index (κ1) is 15.5. The summed E-state index contributed by atoms with van der Waals surface area (Å²) in [6.07, 6.45) is 0. The Balaban J connectivity index is 2.07. The number of thiophene rings is 1. The summed E-state index contributed by atoms with van der Waals surface area (Å²) in [5.41, 5.74) is 0.700. The maximum atomic E-state index is 11.9. The molecule has 0 amide bonds. The third kappa shape index (κ3) is 3.79. The SMILES string of the molecule is COc1ccc(Br)cc1COC(=O)c1ccc([N+](=O)[O-])s1. The monoisotopic (exact) mass is 371 g/mol. The highest BCUT2D eigenvalue weighted by atomic mass is 79.9. The number of carbonyl (C=O) groups is 1. The van der Waals surface area contributed by atoms with Crippen LogP contribution in [0.4, 0.5) is 5.00 Å². The first-order chi connectivity index (χ1) is 10.0. The van der Waals surface area contributed by atoms with E-state index < -0.39 is 10.9 Å². The van der Waals surface area contributed by atoms with Crippen LogP contribution in [0.25, 0.3) is 0 Å². The zero-order chi connectivity index (χ0) is 15.4. The molecule has 0 bridgehead atoms. The highest BCUT2D eigenvalue weighted by Crippen LogP contribution is 2.26. The van der Waals surface area contributed by atoms with E-state index in [-0.39, 0.29) is 16.5 Å². The van der Waals surface area contributed by atoms with Crippen molar-refractivity contribution in [3.8, 4) is 5.75 Å². The molecule has 110 valence electrons. The van der Waals surface area contributed by atoms with Crippen LogP contribution in [0.3, 0.4) is 0 Å². The number of carbonyl (C=O) groups excluding carboxylic acids is 1. The highest BCUT2D eigenvalue weighted by Gasteiger charge is 2.17. The molecule has 1 aromatic carbocycles. The lowest BCUT2D eigenvalue weighted by molar-refractivity contribution is -0.380. The molecule has 2 aromatic rings. The number of hydrogen-bond donors (Lipinski definition) is 0. The van der Waals surface area contributed by atoms with Crippen LogP contribution in [0, 0.1) is 10.1 Å². The van der Waals surface area contributed by atoms with E-state index in [2.05, 4.69) is 15.9 Å². The van der Waals surface area contributed by atoms with Gasteiger partial charge < -0.3 is 9.47 Å². The fourth-order valence-electron chi connectivity index (χ4n) is 1.61. The van der Waals surface area contributed by atoms with E-state index in [0.717, 1.165) is 15.8 Å². The number of nitrogens with zero attached hydrogens (tertiary/aromatic N) is 1. The summed E-state index contributed by atoms with van der Waals surface area (Å²) in [5.74, 6) is -0.00158. The van der Waals surface area contributed by atoms with Gasteiger partial charge in [-0.15, -0.1) is 0 Å². The molecule has 1 heterocycles. The molecule has 21 heavy (non-hydrogen) atoms. The molecule has 0 aliphatic carbocycles. The third-order valence-corrected chi connectivity index (χ3v) is 4.08. The predicted molar refractivity (Wildman–Crippen MR) is 80.8 cm³/mol. The Kier molecular flexibility index (Phi) is 4.92. The fraction of sp³-hybridized carbons (Fsp3) is 0.154. The molecule has 0 saturated carbocycles. The minimum atomic E-state index is -0.602. The van der Waals surface area contributed by atoms with Crippen molar-refractivity contribution < 1.29 is 19.2 Å². The van der Waals surface area contributed by atoms with Crippen LogP contribution in [-0.2, 0) is 11.3 Å². The number of hydrogen-bond acceptors (Lipinski definition) is 6. The summed E-state index contributed by atoms with van der Waals surface area (Å²) >= 11 is 4.11. The van der Waals surface area contributed by atoms with Gasteiger partial charge in [0.05, 0.1) is 12.0 Å². The first-order valence-corrected chi connectivity index (χ1v) is 7.36. The predicted octanol–water partition coefficient (Wildman–Crippen LogP) is 3.78. The lowest BCUT2D eigenvalue weighted by Crippen LogP contribution is -2.04. The molecule has 1 aromatic heterocycles. The van der Waals surface area contributed by atoms with Crippen molar-refractivity contribution in [2.75, 3.05) is 7.11 Å². The van der Waals surface area contributed by atoms with Crippen molar-refractivity contribution >= 4 is 38.2 Å². The molecule has 0 unspecified atom stereocenters. The van der Waals surface area contributed by atoms with Crippen LogP contribution >= 0.6 is 27.3 Å². The van der Waals surface area contributed by atoms with E-state index in [1.165, 1.54) is 19.2 Å². The number of rotatable bonds is 5. The van der Waals surface area contributed by atoms with E-state index in [1.54, 1.807) is 12.1 Å². The smallest absolute Gasteiger partial charge is 0.348 e. The average molecular weight is 372 g/mol. The van der Waals surface area contributed by atoms with Crippen molar-refractivity contribution in [1.82, 2.24) is 0 Å². The van der Waals surface area contributed by atoms with Gasteiger partial charge in [-0.05, 0) is 24.3 Å². The Bertz CT molecular complexity index is 685. The second-order valence-corrected chi connectivity index (χ2v) is 5.91. The lowest BCUT2D eigenvalue weighted by Gasteiger charge is -2.09. The van der Waals surface area contributed by atoms with Gasteiger partial charge in [0.2, 0.25) is 0 Å². The minimum Gasteiger partial charge on any atom is -0.496 e. The van der Waals surface area contributed by atoms with E-state index in [9.17, 15) is 14.9 Å². The van der Waals surface area contributed by atoms with Crippen LogP contribution in [0.2, 0.25) is 0 Å². The molecular weight excluding hydrogens is 362 g/mol. The molecule has 0 N–H and O–H groups in total. The third-order valence-electron chi connectivity index (χ3n) is 2.57. The largest absolute Gasteiger partial charge is 0.496 e. The van der Waals surface area contributed by atoms with Gasteiger partial charge in [-0.25, -0.2) is 4.79 Å². The van der Waals surface area contributed by atoms with Crippen molar-refractivity contribution in [3.05, 3.63) is 55.4 Å². The van der Waals surface area contributed by atoms with Crippen molar-refractivity contribution in [3.63, 3.8) is 0 Å². The summed E-state index contributed by atoms with van der Waals surface area (Å²) in [6, 6.07) is 8.00. The van der Waals surface area contributed by atoms with E-state index >= 15 is 0 Å². The number of methoxy groups -OCH3 is 1. The first-order valence-electron chi connectivity index (χ1n) is 5.75. The normalized spacial score (nSPS) is 10.2. The van der Waals surface area contributed by atoms with Crippen LogP contribution in [0.1, 0.15) is 15.2 Å². The standard InChI is InChI=1S/C13H10BrNO5S/c1-19-10-3-2-9(14)6-8(10)7-20-13(16)11-4-5-12(21-11)15(17)18/h2-6H,7H2,1H3. The Hall–Kier alpha value is -1.93. The molecule has 0 atom stereocenters. The summed E-state index contributed by atoms with van der Waals surface area (Å²) in [5, 5.41) is 10.5. The second-order valence-electron chi connectivity index (χ2n) is 3.93. The second kappa shape index (κ2) is 6.68. The maximum absolute atomic E-state index is 11.9. The lowest BCUT2D eigenvalue weighted by atomic mass is 10.2. The number of halogens is 1. The van der Waals surface area contributed by atoms with Gasteiger partial charge in [0.15, 0.2) is 0 Å². The van der Waals surface area contributed by atoms with Crippen LogP contribution in [-0.4, -0.2) is 18.0 Å². The molecule has 8 heteroatoms. The molecule has 0 fully saturated rings. The average Bonchev–Trinajstić information content (AvgIpc) is 2.95. The Morgan fingerprint density at radius 3 is 2.76 bits per heavy atom. The zero-order valence-corrected chi connectivity index (χ0v) is 13.3. The van der Waals surface area contributed by atoms with Gasteiger partial charge in [0.1, 0.15) is 17.2 Å². The van der Waals surface area contributed by atoms with Crippen LogP contribution in [0.15, 0.2) is 34.8 Å². The summed E-state index contributed by atoms with van der Waals surface area (Å²) in [6.45, 7) is 0.0210. The number of ether oxygens (including phenoxy) is 2. The van der Waals surface area contributed by atoms with E-state index in [1.807, 2.05) is 6.07 Å². The topological polar surface area (TPSA) is 78.7 Å². The molecule has 0 spiro atoms. The minimum absolute atomic E-state index is 0.0210. The van der Waals surface area contributed by atoms with E-state index in [4.69, 9.17) is 9.47 Å². The molecular formula is C13H10BrNO5S. The molecule has 2 rings (SSSR count). The van der Waals surface area contributed by atoms with Gasteiger partial charge in [0, 0.05) is 16.1 Å². The molecule has 6 nitrogen and oxygen atoms in total. The molecule has 0 aliphatic heterocycles. The molecule has 0 saturated heterocycles. The number of benzene rings is 1. The number of esters is 1. The van der Waals surface area contributed by atoms with Crippen LogP contribution in [0.5, 0.6) is 5.75 Å². The summed E-state index contributed by atoms with van der Waals surface area (Å²) < 4.78 is 11.2. The quantitative estimate of drug-likeness (QED) is 0.453. The Morgan fingerprint density at radius 1 is 1.38 bits per heavy atom.